The highest BCUT2D eigenvalue weighted by Gasteiger charge is 2.20. The van der Waals surface area contributed by atoms with Crippen LogP contribution in [-0.4, -0.2) is 41.9 Å². The van der Waals surface area contributed by atoms with Gasteiger partial charge in [-0.05, 0) is 26.0 Å². The van der Waals surface area contributed by atoms with Gasteiger partial charge in [-0.2, -0.15) is 12.7 Å². The molecule has 0 amide bonds. The average Bonchev–Trinajstić information content (AvgIpc) is 2.28. The Labute approximate surface area is 106 Å². The van der Waals surface area contributed by atoms with E-state index >= 15 is 0 Å². The van der Waals surface area contributed by atoms with Crippen molar-refractivity contribution in [3.63, 3.8) is 0 Å². The molecule has 1 aromatic heterocycles. The fraction of sp³-hybridized carbons (Fsp3) is 0.400. The van der Waals surface area contributed by atoms with Gasteiger partial charge >= 0.3 is 16.2 Å². The van der Waals surface area contributed by atoms with Crippen LogP contribution in [0.25, 0.3) is 0 Å². The lowest BCUT2D eigenvalue weighted by molar-refractivity contribution is 0.0696. The first-order chi connectivity index (χ1) is 8.24. The molecule has 0 spiro atoms. The lowest BCUT2D eigenvalue weighted by atomic mass is 10.3. The van der Waals surface area contributed by atoms with Crippen molar-refractivity contribution < 1.29 is 18.3 Å². The fourth-order valence-electron chi connectivity index (χ4n) is 1.06. The van der Waals surface area contributed by atoms with E-state index in [1.807, 2.05) is 0 Å². The second-order valence-corrected chi connectivity index (χ2v) is 5.68. The molecule has 0 fully saturated rings. The number of nitrogens with one attached hydrogen (secondary N) is 1. The van der Waals surface area contributed by atoms with Crippen molar-refractivity contribution in [3.8, 4) is 0 Å². The number of carbonyl (C=O) groups is 1. The SMILES string of the molecule is CC(C)N(C)S(=O)(=O)Nc1ccc(C(=O)O)cn1. The number of nitrogens with zero attached hydrogens (tertiary/aromatic N) is 2. The van der Waals surface area contributed by atoms with Crippen molar-refractivity contribution in [1.82, 2.24) is 9.29 Å². The lowest BCUT2D eigenvalue weighted by Gasteiger charge is -2.21. The van der Waals surface area contributed by atoms with Crippen LogP contribution >= 0.6 is 0 Å². The summed E-state index contributed by atoms with van der Waals surface area (Å²) < 4.78 is 27.0. The minimum absolute atomic E-state index is 0.00448. The largest absolute Gasteiger partial charge is 0.478 e. The van der Waals surface area contributed by atoms with Gasteiger partial charge in [0.05, 0.1) is 5.56 Å². The Balaban J connectivity index is 2.88. The van der Waals surface area contributed by atoms with Crippen LogP contribution in [0.5, 0.6) is 0 Å². The molecule has 0 aliphatic carbocycles. The summed E-state index contributed by atoms with van der Waals surface area (Å²) in [6, 6.07) is 2.39. The zero-order chi connectivity index (χ0) is 13.9. The monoisotopic (exact) mass is 273 g/mol. The number of rotatable bonds is 5. The first-order valence-corrected chi connectivity index (χ1v) is 6.63. The summed E-state index contributed by atoms with van der Waals surface area (Å²) in [6.45, 7) is 3.47. The molecule has 0 aromatic carbocycles. The van der Waals surface area contributed by atoms with E-state index < -0.39 is 16.2 Å². The predicted molar refractivity (Wildman–Crippen MR) is 66.6 cm³/mol. The van der Waals surface area contributed by atoms with Gasteiger partial charge in [-0.25, -0.2) is 9.78 Å². The lowest BCUT2D eigenvalue weighted by Crippen LogP contribution is -2.37. The van der Waals surface area contributed by atoms with Gasteiger partial charge in [0, 0.05) is 19.3 Å². The number of aromatic carboxylic acids is 1. The van der Waals surface area contributed by atoms with Crippen LogP contribution in [0.15, 0.2) is 18.3 Å². The summed E-state index contributed by atoms with van der Waals surface area (Å²) >= 11 is 0. The van der Waals surface area contributed by atoms with E-state index in [1.54, 1.807) is 13.8 Å². The first kappa shape index (κ1) is 14.4. The van der Waals surface area contributed by atoms with Gasteiger partial charge in [0.1, 0.15) is 5.82 Å². The molecule has 0 saturated heterocycles. The zero-order valence-corrected chi connectivity index (χ0v) is 11.1. The van der Waals surface area contributed by atoms with Crippen LogP contribution in [0.3, 0.4) is 0 Å². The van der Waals surface area contributed by atoms with Crippen molar-refractivity contribution in [2.45, 2.75) is 19.9 Å². The van der Waals surface area contributed by atoms with Crippen LogP contribution in [0.1, 0.15) is 24.2 Å². The summed E-state index contributed by atoms with van der Waals surface area (Å²) in [6.07, 6.45) is 1.09. The van der Waals surface area contributed by atoms with E-state index in [2.05, 4.69) is 9.71 Å². The van der Waals surface area contributed by atoms with Gasteiger partial charge in [0.2, 0.25) is 0 Å². The Kier molecular flexibility index (Phi) is 4.25. The van der Waals surface area contributed by atoms with Gasteiger partial charge in [0.15, 0.2) is 0 Å². The van der Waals surface area contributed by atoms with Gasteiger partial charge in [-0.15, -0.1) is 0 Å². The summed E-state index contributed by atoms with van der Waals surface area (Å²) in [7, 11) is -2.23. The topological polar surface area (TPSA) is 99.6 Å². The Bertz CT molecular complexity index is 525. The summed E-state index contributed by atoms with van der Waals surface area (Å²) in [5.41, 5.74) is -0.00448. The molecular weight excluding hydrogens is 258 g/mol. The number of pyridine rings is 1. The maximum absolute atomic E-state index is 11.8. The van der Waals surface area contributed by atoms with Crippen molar-refractivity contribution in [1.29, 1.82) is 0 Å². The molecule has 1 aromatic rings. The van der Waals surface area contributed by atoms with Crippen LogP contribution in [-0.2, 0) is 10.2 Å². The molecule has 0 radical (unpaired) electrons. The Hall–Kier alpha value is -1.67. The average molecular weight is 273 g/mol. The third kappa shape index (κ3) is 3.41. The molecule has 0 bridgehead atoms. The number of carboxylic acids is 1. The Morgan fingerprint density at radius 1 is 1.44 bits per heavy atom. The van der Waals surface area contributed by atoms with Crippen molar-refractivity contribution in [2.24, 2.45) is 0 Å². The molecule has 7 nitrogen and oxygen atoms in total. The zero-order valence-electron chi connectivity index (χ0n) is 10.3. The second kappa shape index (κ2) is 5.32. The van der Waals surface area contributed by atoms with E-state index in [4.69, 9.17) is 5.11 Å². The smallest absolute Gasteiger partial charge is 0.337 e. The molecule has 8 heteroatoms. The predicted octanol–water partition coefficient (Wildman–Crippen LogP) is 0.777. The molecule has 0 aliphatic rings. The molecule has 0 aliphatic heterocycles. The maximum Gasteiger partial charge on any atom is 0.337 e. The first-order valence-electron chi connectivity index (χ1n) is 5.19. The highest BCUT2D eigenvalue weighted by atomic mass is 32.2. The molecule has 18 heavy (non-hydrogen) atoms. The number of hydrogen-bond acceptors (Lipinski definition) is 4. The standard InChI is InChI=1S/C10H15N3O4S/c1-7(2)13(3)18(16,17)12-9-5-4-8(6-11-9)10(14)15/h4-7H,1-3H3,(H,11,12)(H,14,15). The quantitative estimate of drug-likeness (QED) is 0.825. The summed E-state index contributed by atoms with van der Waals surface area (Å²) in [5.74, 6) is -1.04. The molecule has 100 valence electrons. The fourth-order valence-corrected chi connectivity index (χ4v) is 2.15. The van der Waals surface area contributed by atoms with Crippen LogP contribution in [0, 0.1) is 0 Å². The van der Waals surface area contributed by atoms with Crippen LogP contribution < -0.4 is 4.72 Å². The van der Waals surface area contributed by atoms with E-state index in [0.717, 1.165) is 10.5 Å². The second-order valence-electron chi connectivity index (χ2n) is 3.95. The third-order valence-corrected chi connectivity index (χ3v) is 4.00. The van der Waals surface area contributed by atoms with E-state index in [0.29, 0.717) is 0 Å². The van der Waals surface area contributed by atoms with Crippen molar-refractivity contribution >= 4 is 22.0 Å². The van der Waals surface area contributed by atoms with E-state index in [-0.39, 0.29) is 17.4 Å². The molecule has 1 heterocycles. The van der Waals surface area contributed by atoms with Crippen molar-refractivity contribution in [3.05, 3.63) is 23.9 Å². The maximum atomic E-state index is 11.8. The van der Waals surface area contributed by atoms with E-state index in [1.165, 1.54) is 19.2 Å². The Morgan fingerprint density at radius 3 is 2.44 bits per heavy atom. The molecule has 0 saturated carbocycles. The molecule has 0 atom stereocenters. The molecule has 1 rings (SSSR count). The van der Waals surface area contributed by atoms with Gasteiger partial charge in [0.25, 0.3) is 0 Å². The minimum atomic E-state index is -3.67. The van der Waals surface area contributed by atoms with Crippen LogP contribution in [0.4, 0.5) is 5.82 Å². The molecular formula is C10H15N3O4S. The minimum Gasteiger partial charge on any atom is -0.478 e. The van der Waals surface area contributed by atoms with Crippen molar-refractivity contribution in [2.75, 3.05) is 11.8 Å². The highest BCUT2D eigenvalue weighted by Crippen LogP contribution is 2.10. The summed E-state index contributed by atoms with van der Waals surface area (Å²) in [5, 5.41) is 8.68. The third-order valence-electron chi connectivity index (χ3n) is 2.35. The summed E-state index contributed by atoms with van der Waals surface area (Å²) in [4.78, 5) is 14.3. The highest BCUT2D eigenvalue weighted by molar-refractivity contribution is 7.90. The Morgan fingerprint density at radius 2 is 2.06 bits per heavy atom. The molecule has 2 N–H and O–H groups in total. The normalized spacial score (nSPS) is 11.8. The van der Waals surface area contributed by atoms with Gasteiger partial charge in [-0.1, -0.05) is 0 Å². The number of anilines is 1. The number of carboxylic acid groups (broad SMARTS) is 1. The van der Waals surface area contributed by atoms with Gasteiger partial charge in [-0.3, -0.25) is 4.72 Å². The van der Waals surface area contributed by atoms with E-state index in [9.17, 15) is 13.2 Å². The van der Waals surface area contributed by atoms with Crippen LogP contribution in [0.2, 0.25) is 0 Å². The number of hydrogen-bond donors (Lipinski definition) is 2. The number of aromatic nitrogens is 1. The van der Waals surface area contributed by atoms with Gasteiger partial charge < -0.3 is 5.11 Å². The molecule has 0 unspecified atom stereocenters.